The first-order chi connectivity index (χ1) is 11.9. The molecule has 25 heavy (non-hydrogen) atoms. The van der Waals surface area contributed by atoms with Gasteiger partial charge in [0.1, 0.15) is 5.82 Å². The van der Waals surface area contributed by atoms with Crippen molar-refractivity contribution in [2.45, 2.75) is 20.8 Å². The van der Waals surface area contributed by atoms with Gasteiger partial charge >= 0.3 is 0 Å². The normalized spacial score (nSPS) is 10.6. The lowest BCUT2D eigenvalue weighted by Crippen LogP contribution is -2.04. The van der Waals surface area contributed by atoms with Crippen LogP contribution in [0.2, 0.25) is 5.02 Å². The Morgan fingerprint density at radius 1 is 1.00 bits per heavy atom. The monoisotopic (exact) mass is 357 g/mol. The topological polar surface area (TPSA) is 62.7 Å². The molecule has 0 atom stereocenters. The fourth-order valence-electron chi connectivity index (χ4n) is 2.63. The summed E-state index contributed by atoms with van der Waals surface area (Å²) in [5.41, 5.74) is 4.97. The van der Waals surface area contributed by atoms with Gasteiger partial charge in [-0.05, 0) is 50.1 Å². The Bertz CT molecular complexity index is 906. The molecule has 0 fully saturated rings. The molecule has 0 spiro atoms. The van der Waals surface area contributed by atoms with Crippen molar-refractivity contribution in [3.63, 3.8) is 0 Å². The molecule has 0 bridgehead atoms. The summed E-state index contributed by atoms with van der Waals surface area (Å²) < 4.78 is 13.2. The van der Waals surface area contributed by atoms with Gasteiger partial charge in [0.25, 0.3) is 0 Å². The molecule has 128 valence electrons. The van der Waals surface area contributed by atoms with E-state index in [9.17, 15) is 4.39 Å². The Morgan fingerprint density at radius 2 is 1.72 bits per heavy atom. The van der Waals surface area contributed by atoms with E-state index >= 15 is 0 Å². The van der Waals surface area contributed by atoms with E-state index in [2.05, 4.69) is 44.9 Å². The molecule has 2 N–H and O–H groups in total. The van der Waals surface area contributed by atoms with E-state index in [4.69, 9.17) is 11.6 Å². The van der Waals surface area contributed by atoms with Gasteiger partial charge in [-0.2, -0.15) is 10.1 Å². The maximum Gasteiger partial charge on any atom is 0.249 e. The van der Waals surface area contributed by atoms with Gasteiger partial charge in [-0.15, -0.1) is 5.10 Å². The number of nitrogens with one attached hydrogen (secondary N) is 2. The van der Waals surface area contributed by atoms with Gasteiger partial charge in [0.2, 0.25) is 5.95 Å². The second kappa shape index (κ2) is 7.03. The Balaban J connectivity index is 1.83. The average Bonchev–Trinajstić information content (AvgIpc) is 2.55. The highest BCUT2D eigenvalue weighted by Crippen LogP contribution is 2.25. The Labute approximate surface area is 150 Å². The third kappa shape index (κ3) is 4.03. The minimum absolute atomic E-state index is 0.0382. The van der Waals surface area contributed by atoms with Crippen LogP contribution in [-0.4, -0.2) is 15.2 Å². The second-order valence-electron chi connectivity index (χ2n) is 5.82. The maximum absolute atomic E-state index is 13.2. The number of nitrogens with zero attached hydrogens (tertiary/aromatic N) is 3. The van der Waals surface area contributed by atoms with E-state index in [0.29, 0.717) is 17.5 Å². The third-order valence-corrected chi connectivity index (χ3v) is 3.95. The van der Waals surface area contributed by atoms with E-state index in [1.807, 2.05) is 13.8 Å². The number of hydrogen-bond acceptors (Lipinski definition) is 5. The van der Waals surface area contributed by atoms with Gasteiger partial charge < -0.3 is 10.6 Å². The molecule has 2 aromatic carbocycles. The van der Waals surface area contributed by atoms with Crippen molar-refractivity contribution in [1.82, 2.24) is 15.2 Å². The van der Waals surface area contributed by atoms with Crippen LogP contribution in [0, 0.1) is 26.6 Å². The van der Waals surface area contributed by atoms with Crippen molar-refractivity contribution in [2.75, 3.05) is 10.6 Å². The molecule has 1 heterocycles. The molecule has 0 aliphatic rings. The summed E-state index contributed by atoms with van der Waals surface area (Å²) in [6.07, 6.45) is 1.48. The zero-order valence-electron chi connectivity index (χ0n) is 14.1. The molecule has 3 rings (SSSR count). The van der Waals surface area contributed by atoms with Crippen LogP contribution in [0.25, 0.3) is 0 Å². The second-order valence-corrected chi connectivity index (χ2v) is 6.23. The Hall–Kier alpha value is -2.73. The Morgan fingerprint density at radius 3 is 2.40 bits per heavy atom. The molecule has 0 aliphatic heterocycles. The van der Waals surface area contributed by atoms with E-state index in [1.54, 1.807) is 6.07 Å². The minimum Gasteiger partial charge on any atom is -0.339 e. The molecule has 1 aromatic heterocycles. The van der Waals surface area contributed by atoms with Crippen LogP contribution in [0.1, 0.15) is 16.7 Å². The molecular weight excluding hydrogens is 341 g/mol. The van der Waals surface area contributed by atoms with E-state index in [1.165, 1.54) is 23.9 Å². The molecule has 3 aromatic rings. The first kappa shape index (κ1) is 17.1. The van der Waals surface area contributed by atoms with Gasteiger partial charge in [-0.25, -0.2) is 4.39 Å². The zero-order chi connectivity index (χ0) is 18.0. The van der Waals surface area contributed by atoms with Crippen molar-refractivity contribution < 1.29 is 4.39 Å². The lowest BCUT2D eigenvalue weighted by molar-refractivity contribution is 0.628. The quantitative estimate of drug-likeness (QED) is 0.682. The van der Waals surface area contributed by atoms with Crippen LogP contribution in [0.3, 0.4) is 0 Å². The first-order valence-electron chi connectivity index (χ1n) is 7.69. The molecule has 0 radical (unpaired) electrons. The zero-order valence-corrected chi connectivity index (χ0v) is 14.8. The third-order valence-electron chi connectivity index (χ3n) is 3.66. The van der Waals surface area contributed by atoms with E-state index < -0.39 is 5.82 Å². The fraction of sp³-hybridized carbons (Fsp3) is 0.167. The summed E-state index contributed by atoms with van der Waals surface area (Å²) >= 11 is 5.79. The minimum atomic E-state index is -0.472. The molecule has 5 nitrogen and oxygen atoms in total. The standard InChI is InChI=1S/C18H17ClFN5/c1-10-6-11(2)17(12(3)7-10)24-18-23-16(9-21-25-18)22-13-4-5-15(20)14(19)8-13/h4-9H,1-3H3,(H2,22,23,24,25). The number of aromatic nitrogens is 3. The summed E-state index contributed by atoms with van der Waals surface area (Å²) in [5.74, 6) is 0.372. The van der Waals surface area contributed by atoms with Crippen molar-refractivity contribution in [3.05, 3.63) is 64.1 Å². The van der Waals surface area contributed by atoms with Gasteiger partial charge in [-0.3, -0.25) is 0 Å². The van der Waals surface area contributed by atoms with Crippen LogP contribution < -0.4 is 10.6 Å². The van der Waals surface area contributed by atoms with Gasteiger partial charge in [0, 0.05) is 11.4 Å². The van der Waals surface area contributed by atoms with Crippen LogP contribution in [0.5, 0.6) is 0 Å². The molecule has 0 aliphatic carbocycles. The highest BCUT2D eigenvalue weighted by Gasteiger charge is 2.08. The predicted molar refractivity (Wildman–Crippen MR) is 98.5 cm³/mol. The number of aryl methyl sites for hydroxylation is 3. The number of halogens is 2. The number of benzene rings is 2. The SMILES string of the molecule is Cc1cc(C)c(Nc2nncc(Nc3ccc(F)c(Cl)c3)n2)c(C)c1. The largest absolute Gasteiger partial charge is 0.339 e. The van der Waals surface area contributed by atoms with E-state index in [-0.39, 0.29) is 5.02 Å². The van der Waals surface area contributed by atoms with Crippen molar-refractivity contribution in [3.8, 4) is 0 Å². The van der Waals surface area contributed by atoms with E-state index in [0.717, 1.165) is 16.8 Å². The van der Waals surface area contributed by atoms with Crippen LogP contribution >= 0.6 is 11.6 Å². The smallest absolute Gasteiger partial charge is 0.249 e. The molecule has 0 saturated carbocycles. The van der Waals surface area contributed by atoms with Gasteiger partial charge in [-0.1, -0.05) is 29.3 Å². The molecule has 0 saturated heterocycles. The average molecular weight is 358 g/mol. The summed E-state index contributed by atoms with van der Waals surface area (Å²) in [7, 11) is 0. The molecule has 0 unspecified atom stereocenters. The number of hydrogen-bond donors (Lipinski definition) is 2. The van der Waals surface area contributed by atoms with Crippen LogP contribution in [-0.2, 0) is 0 Å². The first-order valence-corrected chi connectivity index (χ1v) is 8.07. The van der Waals surface area contributed by atoms with Crippen LogP contribution in [0.4, 0.5) is 27.5 Å². The maximum atomic E-state index is 13.2. The number of rotatable bonds is 4. The lowest BCUT2D eigenvalue weighted by atomic mass is 10.1. The summed E-state index contributed by atoms with van der Waals surface area (Å²) in [5, 5.41) is 14.2. The Kier molecular flexibility index (Phi) is 4.81. The highest BCUT2D eigenvalue weighted by atomic mass is 35.5. The van der Waals surface area contributed by atoms with Crippen molar-refractivity contribution in [1.29, 1.82) is 0 Å². The van der Waals surface area contributed by atoms with Crippen molar-refractivity contribution in [2.24, 2.45) is 0 Å². The van der Waals surface area contributed by atoms with Gasteiger partial charge in [0.15, 0.2) is 5.82 Å². The van der Waals surface area contributed by atoms with Gasteiger partial charge in [0.05, 0.1) is 11.2 Å². The van der Waals surface area contributed by atoms with Crippen molar-refractivity contribution >= 4 is 34.7 Å². The lowest BCUT2D eigenvalue weighted by Gasteiger charge is -2.13. The highest BCUT2D eigenvalue weighted by molar-refractivity contribution is 6.31. The summed E-state index contributed by atoms with van der Waals surface area (Å²) in [6, 6.07) is 8.53. The molecule has 7 heteroatoms. The molecule has 0 amide bonds. The number of anilines is 4. The fourth-order valence-corrected chi connectivity index (χ4v) is 2.81. The molecular formula is C18H17ClFN5. The summed E-state index contributed by atoms with van der Waals surface area (Å²) in [4.78, 5) is 4.39. The predicted octanol–water partition coefficient (Wildman–Crippen LogP) is 5.08. The van der Waals surface area contributed by atoms with Crippen LogP contribution in [0.15, 0.2) is 36.5 Å². The summed E-state index contributed by atoms with van der Waals surface area (Å²) in [6.45, 7) is 6.11.